The fourth-order valence-corrected chi connectivity index (χ4v) is 4.17. The van der Waals surface area contributed by atoms with Crippen molar-refractivity contribution in [3.63, 3.8) is 0 Å². The predicted molar refractivity (Wildman–Crippen MR) is 125 cm³/mol. The quantitative estimate of drug-likeness (QED) is 0.328. The van der Waals surface area contributed by atoms with Crippen LogP contribution >= 0.6 is 0 Å². The van der Waals surface area contributed by atoms with Crippen LogP contribution in [0.5, 0.6) is 5.75 Å². The van der Waals surface area contributed by atoms with Gasteiger partial charge >= 0.3 is 0 Å². The smallest absolute Gasteiger partial charge is 0.268 e. The summed E-state index contributed by atoms with van der Waals surface area (Å²) in [5.74, 6) is -1.49. The lowest BCUT2D eigenvalue weighted by atomic mass is 9.95. The van der Waals surface area contributed by atoms with Gasteiger partial charge in [0.2, 0.25) is 11.8 Å². The van der Waals surface area contributed by atoms with Crippen LogP contribution in [0, 0.1) is 11.8 Å². The van der Waals surface area contributed by atoms with Crippen molar-refractivity contribution in [3.05, 3.63) is 30.0 Å². The van der Waals surface area contributed by atoms with Crippen LogP contribution in [0.1, 0.15) is 43.6 Å². The summed E-state index contributed by atoms with van der Waals surface area (Å²) in [7, 11) is 1.55. The highest BCUT2D eigenvalue weighted by atomic mass is 16.5. The first-order valence-corrected chi connectivity index (χ1v) is 11.4. The molecule has 184 valence electrons. The zero-order chi connectivity index (χ0) is 24.8. The Kier molecular flexibility index (Phi) is 8.27. The molecule has 10 nitrogen and oxygen atoms in total. The average molecular weight is 473 g/mol. The molecule has 3 atom stereocenters. The van der Waals surface area contributed by atoms with Crippen LogP contribution in [0.25, 0.3) is 10.9 Å². The standard InChI is InChI=1S/C24H32N4O6/c1-13(2)9-18(23(32)27-17(20(30)12-29)10-14-7-8-25-22(14)31)28-24(33)19-11-15-16(26-19)5-4-6-21(15)34-3/h4-6,11,13-14,17-18,26,29H,7-10,12H2,1-3H3,(H,25,31)(H,27,32)(H,28,33)/t14-,17-,18+/m0/s1. The van der Waals surface area contributed by atoms with Gasteiger partial charge in [0.05, 0.1) is 13.2 Å². The van der Waals surface area contributed by atoms with E-state index in [1.54, 1.807) is 25.3 Å². The van der Waals surface area contributed by atoms with Gasteiger partial charge in [0.1, 0.15) is 24.1 Å². The molecule has 0 aliphatic carbocycles. The molecule has 2 heterocycles. The Morgan fingerprint density at radius 2 is 1.97 bits per heavy atom. The number of rotatable bonds is 11. The summed E-state index contributed by atoms with van der Waals surface area (Å²) in [6, 6.07) is 5.14. The van der Waals surface area contributed by atoms with Crippen molar-refractivity contribution < 1.29 is 29.0 Å². The molecule has 1 fully saturated rings. The Labute approximate surface area is 197 Å². The number of carbonyl (C=O) groups excluding carboxylic acids is 4. The Morgan fingerprint density at radius 3 is 2.59 bits per heavy atom. The van der Waals surface area contributed by atoms with Crippen molar-refractivity contribution in [1.82, 2.24) is 20.9 Å². The minimum absolute atomic E-state index is 0.0754. The van der Waals surface area contributed by atoms with E-state index in [0.29, 0.717) is 25.1 Å². The molecule has 0 radical (unpaired) electrons. The van der Waals surface area contributed by atoms with Crippen molar-refractivity contribution in [2.45, 2.75) is 45.2 Å². The number of nitrogens with one attached hydrogen (secondary N) is 4. The summed E-state index contributed by atoms with van der Waals surface area (Å²) >= 11 is 0. The summed E-state index contributed by atoms with van der Waals surface area (Å²) < 4.78 is 5.33. The summed E-state index contributed by atoms with van der Waals surface area (Å²) in [6.45, 7) is 3.59. The highest BCUT2D eigenvalue weighted by Gasteiger charge is 2.33. The first-order chi connectivity index (χ1) is 16.2. The van der Waals surface area contributed by atoms with E-state index in [2.05, 4.69) is 20.9 Å². The molecule has 1 aromatic carbocycles. The van der Waals surface area contributed by atoms with Crippen LogP contribution in [0.2, 0.25) is 0 Å². The molecule has 3 amide bonds. The number of fused-ring (bicyclic) bond motifs is 1. The van der Waals surface area contributed by atoms with E-state index in [-0.39, 0.29) is 23.9 Å². The molecule has 0 saturated carbocycles. The fourth-order valence-electron chi connectivity index (χ4n) is 4.17. The SMILES string of the molecule is COc1cccc2[nH]c(C(=O)N[C@H](CC(C)C)C(=O)N[C@@H](C[C@@H]3CCNC3=O)C(=O)CO)cc12. The van der Waals surface area contributed by atoms with Gasteiger partial charge in [0.25, 0.3) is 5.91 Å². The Bertz CT molecular complexity index is 1060. The number of aromatic nitrogens is 1. The lowest BCUT2D eigenvalue weighted by Crippen LogP contribution is -2.53. The first-order valence-electron chi connectivity index (χ1n) is 11.4. The molecule has 0 unspecified atom stereocenters. The molecule has 0 bridgehead atoms. The zero-order valence-electron chi connectivity index (χ0n) is 19.6. The number of ketones is 1. The van der Waals surface area contributed by atoms with Crippen LogP contribution in [0.3, 0.4) is 0 Å². The lowest BCUT2D eigenvalue weighted by molar-refractivity contribution is -0.131. The van der Waals surface area contributed by atoms with Crippen molar-refractivity contribution >= 4 is 34.4 Å². The highest BCUT2D eigenvalue weighted by molar-refractivity contribution is 6.02. The number of methoxy groups -OCH3 is 1. The second-order valence-corrected chi connectivity index (χ2v) is 8.96. The fraction of sp³-hybridized carbons (Fsp3) is 0.500. The van der Waals surface area contributed by atoms with Gasteiger partial charge in [-0.05, 0) is 43.4 Å². The second-order valence-electron chi connectivity index (χ2n) is 8.96. The van der Waals surface area contributed by atoms with Gasteiger partial charge in [-0.15, -0.1) is 0 Å². The third kappa shape index (κ3) is 5.93. The number of amides is 3. The number of hydrogen-bond acceptors (Lipinski definition) is 6. The van der Waals surface area contributed by atoms with Crippen LogP contribution in [-0.2, 0) is 14.4 Å². The number of carbonyl (C=O) groups is 4. The van der Waals surface area contributed by atoms with Crippen LogP contribution in [-0.4, -0.2) is 65.9 Å². The second kappa shape index (κ2) is 11.1. The van der Waals surface area contributed by atoms with Gasteiger partial charge in [0.15, 0.2) is 5.78 Å². The van der Waals surface area contributed by atoms with Crippen LogP contribution < -0.4 is 20.7 Å². The topological polar surface area (TPSA) is 150 Å². The molecular weight excluding hydrogens is 440 g/mol. The third-order valence-corrected chi connectivity index (χ3v) is 5.96. The number of Topliss-reactive ketones (excluding diaryl/α,β-unsaturated/α-hetero) is 1. The number of aliphatic hydroxyl groups is 1. The number of aliphatic hydroxyl groups excluding tert-OH is 1. The molecule has 1 aliphatic rings. The number of H-pyrrole nitrogens is 1. The normalized spacial score (nSPS) is 17.3. The van der Waals surface area contributed by atoms with Gasteiger partial charge in [-0.3, -0.25) is 19.2 Å². The van der Waals surface area contributed by atoms with E-state index in [1.807, 2.05) is 19.9 Å². The molecule has 0 spiro atoms. The molecule has 1 saturated heterocycles. The first kappa shape index (κ1) is 25.2. The van der Waals surface area contributed by atoms with E-state index >= 15 is 0 Å². The monoisotopic (exact) mass is 472 g/mol. The van der Waals surface area contributed by atoms with Gasteiger partial charge in [-0.25, -0.2) is 0 Å². The van der Waals surface area contributed by atoms with E-state index in [1.165, 1.54) is 0 Å². The van der Waals surface area contributed by atoms with Crippen molar-refractivity contribution in [1.29, 1.82) is 0 Å². The van der Waals surface area contributed by atoms with Crippen LogP contribution in [0.4, 0.5) is 0 Å². The maximum Gasteiger partial charge on any atom is 0.268 e. The average Bonchev–Trinajstić information content (AvgIpc) is 3.43. The van der Waals surface area contributed by atoms with Gasteiger partial charge in [0, 0.05) is 23.4 Å². The maximum absolute atomic E-state index is 13.1. The Balaban J connectivity index is 1.75. The highest BCUT2D eigenvalue weighted by Crippen LogP contribution is 2.26. The van der Waals surface area contributed by atoms with Gasteiger partial charge in [-0.2, -0.15) is 0 Å². The molecule has 2 aromatic rings. The van der Waals surface area contributed by atoms with E-state index < -0.39 is 42.2 Å². The molecule has 5 N–H and O–H groups in total. The molecule has 1 aliphatic heterocycles. The summed E-state index contributed by atoms with van der Waals surface area (Å²) in [5, 5.41) is 18.2. The minimum Gasteiger partial charge on any atom is -0.496 e. The molecule has 1 aromatic heterocycles. The minimum atomic E-state index is -1.02. The lowest BCUT2D eigenvalue weighted by Gasteiger charge is -2.24. The zero-order valence-corrected chi connectivity index (χ0v) is 19.6. The van der Waals surface area contributed by atoms with Gasteiger partial charge in [-0.1, -0.05) is 19.9 Å². The van der Waals surface area contributed by atoms with Crippen molar-refractivity contribution in [3.8, 4) is 5.75 Å². The number of hydrogen-bond donors (Lipinski definition) is 5. The Hall–Kier alpha value is -3.40. The summed E-state index contributed by atoms with van der Waals surface area (Å²) in [6.07, 6.45) is 0.992. The number of aromatic amines is 1. The molecule has 10 heteroatoms. The van der Waals surface area contributed by atoms with Gasteiger partial charge < -0.3 is 30.8 Å². The number of ether oxygens (including phenoxy) is 1. The number of benzene rings is 1. The predicted octanol–water partition coefficient (Wildman–Crippen LogP) is 0.893. The molecule has 3 rings (SSSR count). The van der Waals surface area contributed by atoms with Crippen molar-refractivity contribution in [2.75, 3.05) is 20.3 Å². The largest absolute Gasteiger partial charge is 0.496 e. The van der Waals surface area contributed by atoms with E-state index in [0.717, 1.165) is 10.9 Å². The maximum atomic E-state index is 13.1. The Morgan fingerprint density at radius 1 is 1.21 bits per heavy atom. The van der Waals surface area contributed by atoms with E-state index in [4.69, 9.17) is 4.74 Å². The van der Waals surface area contributed by atoms with Crippen molar-refractivity contribution in [2.24, 2.45) is 11.8 Å². The molecular formula is C24H32N4O6. The van der Waals surface area contributed by atoms with E-state index in [9.17, 15) is 24.3 Å². The summed E-state index contributed by atoms with van der Waals surface area (Å²) in [4.78, 5) is 53.4. The third-order valence-electron chi connectivity index (χ3n) is 5.96. The van der Waals surface area contributed by atoms with Crippen LogP contribution in [0.15, 0.2) is 24.3 Å². The summed E-state index contributed by atoms with van der Waals surface area (Å²) in [5.41, 5.74) is 0.990. The molecule has 34 heavy (non-hydrogen) atoms.